The Hall–Kier alpha value is -2.06. The Morgan fingerprint density at radius 3 is 2.00 bits per heavy atom. The Balaban J connectivity index is 2.37. The van der Waals surface area contributed by atoms with E-state index in [-0.39, 0.29) is 0 Å². The van der Waals surface area contributed by atoms with Crippen molar-refractivity contribution in [2.75, 3.05) is 5.48 Å². The van der Waals surface area contributed by atoms with Crippen molar-refractivity contribution in [1.29, 1.82) is 0 Å². The lowest BCUT2D eigenvalue weighted by Crippen LogP contribution is -1.88. The van der Waals surface area contributed by atoms with Crippen LogP contribution >= 0.6 is 0 Å². The second kappa shape index (κ2) is 3.51. The van der Waals surface area contributed by atoms with Gasteiger partial charge in [-0.05, 0) is 45.8 Å². The van der Waals surface area contributed by atoms with Gasteiger partial charge in [-0.2, -0.15) is 0 Å². The quantitative estimate of drug-likeness (QED) is 0.472. The first-order valence-electron chi connectivity index (χ1n) is 5.19. The van der Waals surface area contributed by atoms with E-state index in [1.165, 1.54) is 16.2 Å². The van der Waals surface area contributed by atoms with E-state index in [2.05, 4.69) is 29.7 Å². The van der Waals surface area contributed by atoms with Crippen molar-refractivity contribution >= 4 is 27.2 Å². The number of benzene rings is 3. The van der Waals surface area contributed by atoms with E-state index in [1.54, 1.807) is 0 Å². The van der Waals surface area contributed by atoms with Crippen molar-refractivity contribution in [3.63, 3.8) is 0 Å². The summed E-state index contributed by atoms with van der Waals surface area (Å²) in [6.45, 7) is 0. The maximum atomic E-state index is 8.86. The molecule has 0 aliphatic rings. The van der Waals surface area contributed by atoms with Crippen LogP contribution in [0.5, 0.6) is 0 Å². The molecule has 0 aliphatic carbocycles. The molecule has 0 heterocycles. The van der Waals surface area contributed by atoms with Crippen LogP contribution in [0.4, 0.5) is 5.69 Å². The van der Waals surface area contributed by atoms with Crippen molar-refractivity contribution in [2.45, 2.75) is 0 Å². The fraction of sp³-hybridized carbons (Fsp3) is 0. The molecule has 2 nitrogen and oxygen atoms in total. The van der Waals surface area contributed by atoms with Gasteiger partial charge in [-0.3, -0.25) is 10.7 Å². The third-order valence-corrected chi connectivity index (χ3v) is 2.83. The van der Waals surface area contributed by atoms with Crippen molar-refractivity contribution in [3.8, 4) is 0 Å². The fourth-order valence-electron chi connectivity index (χ4n) is 2.01. The van der Waals surface area contributed by atoms with Crippen molar-refractivity contribution < 1.29 is 5.21 Å². The Morgan fingerprint density at radius 1 is 0.688 bits per heavy atom. The van der Waals surface area contributed by atoms with E-state index in [9.17, 15) is 0 Å². The van der Waals surface area contributed by atoms with Crippen LogP contribution in [0.15, 0.2) is 54.6 Å². The van der Waals surface area contributed by atoms with Gasteiger partial charge in [0, 0.05) is 0 Å². The van der Waals surface area contributed by atoms with E-state index in [0.717, 1.165) is 5.39 Å². The monoisotopic (exact) mass is 209 g/mol. The first kappa shape index (κ1) is 9.19. The highest BCUT2D eigenvalue weighted by atomic mass is 16.5. The minimum atomic E-state index is 0.711. The molecule has 2 N–H and O–H groups in total. The fourth-order valence-corrected chi connectivity index (χ4v) is 2.01. The highest BCUT2D eigenvalue weighted by Crippen LogP contribution is 2.24. The van der Waals surface area contributed by atoms with E-state index in [1.807, 2.05) is 30.3 Å². The molecule has 0 fully saturated rings. The molecule has 0 saturated heterocycles. The molecule has 3 aromatic carbocycles. The average Bonchev–Trinajstić information content (AvgIpc) is 2.35. The molecular formula is C14H11NO. The predicted octanol–water partition coefficient (Wildman–Crippen LogP) is 3.79. The Kier molecular flexibility index (Phi) is 2.01. The molecule has 0 radical (unpaired) electrons. The van der Waals surface area contributed by atoms with Gasteiger partial charge in [0.15, 0.2) is 0 Å². The maximum absolute atomic E-state index is 8.86. The molecule has 0 aliphatic heterocycles. The zero-order valence-electron chi connectivity index (χ0n) is 8.64. The van der Waals surface area contributed by atoms with Gasteiger partial charge in [0.2, 0.25) is 0 Å². The zero-order valence-corrected chi connectivity index (χ0v) is 8.64. The number of hydrogen-bond acceptors (Lipinski definition) is 2. The molecule has 0 aromatic heterocycles. The third kappa shape index (κ3) is 1.40. The van der Waals surface area contributed by atoms with Gasteiger partial charge in [-0.25, -0.2) is 0 Å². The molecule has 0 unspecified atom stereocenters. The second-order valence-electron chi connectivity index (χ2n) is 3.87. The van der Waals surface area contributed by atoms with Crippen molar-refractivity contribution in [2.24, 2.45) is 0 Å². The Bertz CT molecular complexity index is 661. The predicted molar refractivity (Wildman–Crippen MR) is 66.9 cm³/mol. The van der Waals surface area contributed by atoms with Crippen molar-refractivity contribution in [3.05, 3.63) is 54.6 Å². The largest absolute Gasteiger partial charge is 0.291 e. The molecule has 0 amide bonds. The van der Waals surface area contributed by atoms with Gasteiger partial charge in [-0.1, -0.05) is 30.3 Å². The standard InChI is InChI=1S/C14H11NO/c16-15-14-6-5-12-7-10-3-1-2-4-11(10)8-13(12)9-14/h1-9,15-16H. The van der Waals surface area contributed by atoms with E-state index in [0.29, 0.717) is 5.69 Å². The Morgan fingerprint density at radius 2 is 1.31 bits per heavy atom. The highest BCUT2D eigenvalue weighted by Gasteiger charge is 1.98. The van der Waals surface area contributed by atoms with Crippen LogP contribution in [0.2, 0.25) is 0 Å². The summed E-state index contributed by atoms with van der Waals surface area (Å²) in [7, 11) is 0. The first-order valence-corrected chi connectivity index (χ1v) is 5.19. The first-order chi connectivity index (χ1) is 7.86. The van der Waals surface area contributed by atoms with Crippen molar-refractivity contribution in [1.82, 2.24) is 0 Å². The summed E-state index contributed by atoms with van der Waals surface area (Å²) in [5.41, 5.74) is 2.88. The minimum absolute atomic E-state index is 0.711. The van der Waals surface area contributed by atoms with E-state index >= 15 is 0 Å². The summed E-state index contributed by atoms with van der Waals surface area (Å²) in [6, 6.07) is 18.3. The molecule has 16 heavy (non-hydrogen) atoms. The van der Waals surface area contributed by atoms with Gasteiger partial charge < -0.3 is 0 Å². The summed E-state index contributed by atoms with van der Waals surface area (Å²) >= 11 is 0. The molecule has 78 valence electrons. The summed E-state index contributed by atoms with van der Waals surface area (Å²) in [6.07, 6.45) is 0. The van der Waals surface area contributed by atoms with Crippen LogP contribution in [0, 0.1) is 0 Å². The molecule has 2 heteroatoms. The third-order valence-electron chi connectivity index (χ3n) is 2.83. The summed E-state index contributed by atoms with van der Waals surface area (Å²) in [5, 5.41) is 13.6. The van der Waals surface area contributed by atoms with E-state index < -0.39 is 0 Å². The lowest BCUT2D eigenvalue weighted by molar-refractivity contribution is 0.389. The average molecular weight is 209 g/mol. The lowest BCUT2D eigenvalue weighted by atomic mass is 10.0. The van der Waals surface area contributed by atoms with Crippen LogP contribution in [-0.4, -0.2) is 5.21 Å². The smallest absolute Gasteiger partial charge is 0.0608 e. The van der Waals surface area contributed by atoms with Crippen LogP contribution < -0.4 is 5.48 Å². The van der Waals surface area contributed by atoms with Crippen LogP contribution in [0.1, 0.15) is 0 Å². The molecule has 3 aromatic rings. The Labute approximate surface area is 93.1 Å². The van der Waals surface area contributed by atoms with Gasteiger partial charge >= 0.3 is 0 Å². The lowest BCUT2D eigenvalue weighted by Gasteiger charge is -2.04. The second-order valence-corrected chi connectivity index (χ2v) is 3.87. The molecule has 0 atom stereocenters. The van der Waals surface area contributed by atoms with Crippen LogP contribution in [-0.2, 0) is 0 Å². The topological polar surface area (TPSA) is 32.3 Å². The maximum Gasteiger partial charge on any atom is 0.0608 e. The molecule has 3 rings (SSSR count). The van der Waals surface area contributed by atoms with Gasteiger partial charge in [0.05, 0.1) is 5.69 Å². The number of rotatable bonds is 1. The van der Waals surface area contributed by atoms with Gasteiger partial charge in [-0.15, -0.1) is 0 Å². The number of fused-ring (bicyclic) bond motifs is 2. The van der Waals surface area contributed by atoms with Crippen LogP contribution in [0.3, 0.4) is 0 Å². The normalized spacial score (nSPS) is 10.8. The van der Waals surface area contributed by atoms with E-state index in [4.69, 9.17) is 5.21 Å². The molecular weight excluding hydrogens is 198 g/mol. The van der Waals surface area contributed by atoms with Gasteiger partial charge in [0.25, 0.3) is 0 Å². The molecule has 0 spiro atoms. The summed E-state index contributed by atoms with van der Waals surface area (Å²) in [4.78, 5) is 0. The molecule has 0 bridgehead atoms. The number of nitrogens with one attached hydrogen (secondary N) is 1. The minimum Gasteiger partial charge on any atom is -0.291 e. The number of hydrogen-bond donors (Lipinski definition) is 2. The number of anilines is 1. The zero-order chi connectivity index (χ0) is 11.0. The SMILES string of the molecule is ONc1ccc2cc3ccccc3cc2c1. The highest BCUT2D eigenvalue weighted by molar-refractivity contribution is 5.99. The molecule has 0 saturated carbocycles. The van der Waals surface area contributed by atoms with Gasteiger partial charge in [0.1, 0.15) is 0 Å². The van der Waals surface area contributed by atoms with Crippen LogP contribution in [0.25, 0.3) is 21.5 Å². The summed E-state index contributed by atoms with van der Waals surface area (Å²) < 4.78 is 0. The summed E-state index contributed by atoms with van der Waals surface area (Å²) in [5.74, 6) is 0.